The van der Waals surface area contributed by atoms with Crippen molar-refractivity contribution in [3.63, 3.8) is 0 Å². The molecule has 11 heteroatoms. The summed E-state index contributed by atoms with van der Waals surface area (Å²) in [5.74, 6) is -2.08. The van der Waals surface area contributed by atoms with Crippen molar-refractivity contribution in [1.29, 1.82) is 0 Å². The largest absolute Gasteiger partial charge is 0.461 e. The van der Waals surface area contributed by atoms with Crippen LogP contribution in [0, 0.1) is 17.8 Å². The third-order valence-corrected chi connectivity index (χ3v) is 6.74. The summed E-state index contributed by atoms with van der Waals surface area (Å²) in [6.07, 6.45) is 2.32. The van der Waals surface area contributed by atoms with Crippen molar-refractivity contribution in [2.75, 3.05) is 18.4 Å². The van der Waals surface area contributed by atoms with E-state index in [0.29, 0.717) is 31.5 Å². The van der Waals surface area contributed by atoms with Crippen molar-refractivity contribution in [3.8, 4) is 0 Å². The van der Waals surface area contributed by atoms with Gasteiger partial charge in [0.1, 0.15) is 12.6 Å². The fourth-order valence-electron chi connectivity index (χ4n) is 4.33. The second kappa shape index (κ2) is 15.7. The highest BCUT2D eigenvalue weighted by Gasteiger charge is 2.39. The molecule has 2 rings (SSSR count). The van der Waals surface area contributed by atoms with Gasteiger partial charge in [-0.2, -0.15) is 0 Å². The van der Waals surface area contributed by atoms with Crippen LogP contribution in [0.3, 0.4) is 0 Å². The van der Waals surface area contributed by atoms with E-state index in [2.05, 4.69) is 16.0 Å². The third-order valence-electron chi connectivity index (χ3n) is 6.74. The van der Waals surface area contributed by atoms with Gasteiger partial charge < -0.3 is 20.7 Å². The zero-order chi connectivity index (χ0) is 29.8. The molecule has 1 saturated heterocycles. The molecular weight excluding hydrogens is 516 g/mol. The van der Waals surface area contributed by atoms with E-state index in [-0.39, 0.29) is 67.4 Å². The number of unbranched alkanes of at least 4 members (excludes halogenated alkanes) is 2. The minimum absolute atomic E-state index is 0.105. The Balaban J connectivity index is 1.70. The van der Waals surface area contributed by atoms with Gasteiger partial charge in [0.05, 0.1) is 6.54 Å². The average molecular weight is 559 g/mol. The van der Waals surface area contributed by atoms with Gasteiger partial charge in [0.15, 0.2) is 0 Å². The maximum atomic E-state index is 12.7. The number of esters is 1. The van der Waals surface area contributed by atoms with Crippen LogP contribution in [0.25, 0.3) is 0 Å². The fourth-order valence-corrected chi connectivity index (χ4v) is 4.33. The lowest BCUT2D eigenvalue weighted by molar-refractivity contribution is -0.142. The zero-order valence-corrected chi connectivity index (χ0v) is 24.1. The summed E-state index contributed by atoms with van der Waals surface area (Å²) in [5, 5.41) is 7.99. The first-order chi connectivity index (χ1) is 18.9. The summed E-state index contributed by atoms with van der Waals surface area (Å²) >= 11 is 0. The third kappa shape index (κ3) is 10.4. The van der Waals surface area contributed by atoms with Crippen molar-refractivity contribution in [3.05, 3.63) is 29.8 Å². The molecule has 0 spiro atoms. The summed E-state index contributed by atoms with van der Waals surface area (Å²) in [4.78, 5) is 74.2. The van der Waals surface area contributed by atoms with E-state index in [1.807, 2.05) is 13.8 Å². The molecule has 2 atom stereocenters. The summed E-state index contributed by atoms with van der Waals surface area (Å²) in [7, 11) is 0. The van der Waals surface area contributed by atoms with Gasteiger partial charge >= 0.3 is 5.97 Å². The van der Waals surface area contributed by atoms with Crippen LogP contribution in [0.4, 0.5) is 5.69 Å². The standard InChI is InChI=1S/C29H42N4O7/c1-18(2)23-15-26(37)33(29(23)39)14-8-6-7-9-24(35)32-27(19(3)4)28(38)30-16-25(36)31-22-12-10-21(11-13-22)17-40-20(5)34/h10-13,18-19,23,27H,6-9,14-17H2,1-5H3,(H,30,38)(H,31,36)(H,32,35). The maximum Gasteiger partial charge on any atom is 0.302 e. The quantitative estimate of drug-likeness (QED) is 0.170. The number of rotatable bonds is 15. The van der Waals surface area contributed by atoms with Gasteiger partial charge in [-0.3, -0.25) is 33.7 Å². The van der Waals surface area contributed by atoms with Gasteiger partial charge in [-0.1, -0.05) is 46.2 Å². The number of carbonyl (C=O) groups excluding carboxylic acids is 6. The molecule has 11 nitrogen and oxygen atoms in total. The SMILES string of the molecule is CC(=O)OCc1ccc(NC(=O)CNC(=O)C(NC(=O)CCCCCN2C(=O)CC(C(C)C)C2=O)C(C)C)cc1. The topological polar surface area (TPSA) is 151 Å². The van der Waals surface area contributed by atoms with Crippen LogP contribution in [-0.4, -0.2) is 59.5 Å². The number of anilines is 1. The number of benzene rings is 1. The lowest BCUT2D eigenvalue weighted by atomic mass is 9.94. The Kier molecular flexibility index (Phi) is 12.8. The summed E-state index contributed by atoms with van der Waals surface area (Å²) in [6, 6.07) is 5.97. The molecule has 0 aliphatic carbocycles. The lowest BCUT2D eigenvalue weighted by Crippen LogP contribution is -2.51. The van der Waals surface area contributed by atoms with Crippen LogP contribution < -0.4 is 16.0 Å². The molecule has 0 radical (unpaired) electrons. The molecule has 0 saturated carbocycles. The monoisotopic (exact) mass is 558 g/mol. The molecule has 1 heterocycles. The molecule has 220 valence electrons. The highest BCUT2D eigenvalue weighted by Crippen LogP contribution is 2.26. The Bertz CT molecular complexity index is 1070. The van der Waals surface area contributed by atoms with E-state index in [0.717, 1.165) is 5.56 Å². The minimum atomic E-state index is -0.798. The Hall–Kier alpha value is -3.76. The molecule has 0 aromatic heterocycles. The number of carbonyl (C=O) groups is 6. The van der Waals surface area contributed by atoms with Gasteiger partial charge in [-0.25, -0.2) is 0 Å². The van der Waals surface area contributed by atoms with Crippen molar-refractivity contribution < 1.29 is 33.5 Å². The number of hydrogen-bond donors (Lipinski definition) is 3. The van der Waals surface area contributed by atoms with E-state index in [9.17, 15) is 28.8 Å². The second-order valence-corrected chi connectivity index (χ2v) is 10.8. The number of amides is 5. The molecule has 1 aromatic rings. The van der Waals surface area contributed by atoms with Gasteiger partial charge in [0.25, 0.3) is 0 Å². The summed E-state index contributed by atoms with van der Waals surface area (Å²) < 4.78 is 4.92. The Morgan fingerprint density at radius 3 is 2.23 bits per heavy atom. The van der Waals surface area contributed by atoms with Gasteiger partial charge in [-0.05, 0) is 42.4 Å². The lowest BCUT2D eigenvalue weighted by Gasteiger charge is -2.21. The van der Waals surface area contributed by atoms with Crippen molar-refractivity contribution >= 4 is 41.2 Å². The first-order valence-corrected chi connectivity index (χ1v) is 13.8. The number of imide groups is 1. The smallest absolute Gasteiger partial charge is 0.302 e. The Morgan fingerprint density at radius 1 is 0.975 bits per heavy atom. The molecule has 1 fully saturated rings. The van der Waals surface area contributed by atoms with Crippen LogP contribution in [0.15, 0.2) is 24.3 Å². The molecule has 1 aromatic carbocycles. The van der Waals surface area contributed by atoms with E-state index in [1.54, 1.807) is 38.1 Å². The van der Waals surface area contributed by atoms with Crippen LogP contribution in [-0.2, 0) is 40.1 Å². The number of nitrogens with one attached hydrogen (secondary N) is 3. The van der Waals surface area contributed by atoms with Crippen molar-refractivity contribution in [2.45, 2.75) is 79.4 Å². The Labute approximate surface area is 235 Å². The van der Waals surface area contributed by atoms with E-state index in [4.69, 9.17) is 4.74 Å². The predicted octanol–water partition coefficient (Wildman–Crippen LogP) is 2.54. The number of likely N-dealkylation sites (tertiary alicyclic amines) is 1. The van der Waals surface area contributed by atoms with Gasteiger partial charge in [0, 0.05) is 37.9 Å². The van der Waals surface area contributed by atoms with Gasteiger partial charge in [-0.15, -0.1) is 0 Å². The Morgan fingerprint density at radius 2 is 1.65 bits per heavy atom. The summed E-state index contributed by atoms with van der Waals surface area (Å²) in [5.41, 5.74) is 1.30. The van der Waals surface area contributed by atoms with Gasteiger partial charge in [0.2, 0.25) is 29.5 Å². The molecule has 3 N–H and O–H groups in total. The highest BCUT2D eigenvalue weighted by atomic mass is 16.5. The molecule has 0 bridgehead atoms. The first kappa shape index (κ1) is 32.5. The van der Waals surface area contributed by atoms with Crippen LogP contribution in [0.5, 0.6) is 0 Å². The molecule has 1 aliphatic heterocycles. The van der Waals surface area contributed by atoms with Crippen molar-refractivity contribution in [2.24, 2.45) is 17.8 Å². The van der Waals surface area contributed by atoms with Crippen molar-refractivity contribution in [1.82, 2.24) is 15.5 Å². The zero-order valence-electron chi connectivity index (χ0n) is 24.1. The molecular formula is C29H42N4O7. The maximum absolute atomic E-state index is 12.7. The van der Waals surface area contributed by atoms with Crippen LogP contribution >= 0.6 is 0 Å². The van der Waals surface area contributed by atoms with E-state index < -0.39 is 17.9 Å². The molecule has 5 amide bonds. The van der Waals surface area contributed by atoms with E-state index >= 15 is 0 Å². The molecule has 40 heavy (non-hydrogen) atoms. The minimum Gasteiger partial charge on any atom is -0.461 e. The van der Waals surface area contributed by atoms with Crippen LogP contribution in [0.2, 0.25) is 0 Å². The summed E-state index contributed by atoms with van der Waals surface area (Å²) in [6.45, 7) is 9.04. The number of hydrogen-bond acceptors (Lipinski definition) is 7. The average Bonchev–Trinajstić information content (AvgIpc) is 3.18. The first-order valence-electron chi connectivity index (χ1n) is 13.8. The van der Waals surface area contributed by atoms with Crippen LogP contribution in [0.1, 0.15) is 72.3 Å². The van der Waals surface area contributed by atoms with E-state index in [1.165, 1.54) is 11.8 Å². The highest BCUT2D eigenvalue weighted by molar-refractivity contribution is 6.03. The second-order valence-electron chi connectivity index (χ2n) is 10.8. The molecule has 1 aliphatic rings. The predicted molar refractivity (Wildman–Crippen MR) is 148 cm³/mol. The number of nitrogens with zero attached hydrogens (tertiary/aromatic N) is 1. The number of ether oxygens (including phenoxy) is 1. The fraction of sp³-hybridized carbons (Fsp3) is 0.586. The molecule has 2 unspecified atom stereocenters. The normalized spacial score (nSPS) is 15.8.